The van der Waals surface area contributed by atoms with Gasteiger partial charge in [0, 0.05) is 13.2 Å². The van der Waals surface area contributed by atoms with Gasteiger partial charge >= 0.3 is 0 Å². The maximum Gasteiger partial charge on any atom is 0.232 e. The number of rotatable bonds is 5. The number of nitrogens with zero attached hydrogens (tertiary/aromatic N) is 1. The molecule has 3 N–H and O–H groups in total. The molecule has 2 unspecified atom stereocenters. The lowest BCUT2D eigenvalue weighted by Gasteiger charge is -2.27. The first-order valence-corrected chi connectivity index (χ1v) is 7.07. The number of benzene rings is 1. The van der Waals surface area contributed by atoms with Gasteiger partial charge in [-0.05, 0) is 25.0 Å². The Morgan fingerprint density at radius 1 is 1.50 bits per heavy atom. The third kappa shape index (κ3) is 2.94. The number of para-hydroxylation sites is 2. The molecule has 1 aromatic rings. The molecule has 20 heavy (non-hydrogen) atoms. The van der Waals surface area contributed by atoms with E-state index in [-0.39, 0.29) is 31.1 Å². The second-order valence-corrected chi connectivity index (χ2v) is 4.98. The van der Waals surface area contributed by atoms with E-state index >= 15 is 0 Å². The second kappa shape index (κ2) is 6.72. The van der Waals surface area contributed by atoms with Crippen LogP contribution in [-0.4, -0.2) is 36.9 Å². The summed E-state index contributed by atoms with van der Waals surface area (Å²) in [6.45, 7) is 2.79. The van der Waals surface area contributed by atoms with Gasteiger partial charge in [0.2, 0.25) is 5.91 Å². The fourth-order valence-corrected chi connectivity index (χ4v) is 2.72. The minimum Gasteiger partial charge on any atom is -0.397 e. The summed E-state index contributed by atoms with van der Waals surface area (Å²) in [6.07, 6.45) is 1.51. The zero-order chi connectivity index (χ0) is 14.5. The minimum absolute atomic E-state index is 0.0127. The number of hydrogen-bond acceptors (Lipinski definition) is 4. The maximum absolute atomic E-state index is 12.7. The number of nitrogen functional groups attached to an aromatic ring is 1. The highest BCUT2D eigenvalue weighted by atomic mass is 16.5. The average molecular weight is 278 g/mol. The predicted octanol–water partition coefficient (Wildman–Crippen LogP) is 1.41. The van der Waals surface area contributed by atoms with Crippen molar-refractivity contribution < 1.29 is 14.6 Å². The smallest absolute Gasteiger partial charge is 0.232 e. The number of carbonyl (C=O) groups is 1. The van der Waals surface area contributed by atoms with Crippen molar-refractivity contribution in [2.45, 2.75) is 25.9 Å². The zero-order valence-corrected chi connectivity index (χ0v) is 11.8. The highest BCUT2D eigenvalue weighted by Gasteiger charge is 2.36. The van der Waals surface area contributed by atoms with Crippen molar-refractivity contribution in [2.24, 2.45) is 5.92 Å². The zero-order valence-electron chi connectivity index (χ0n) is 11.8. The lowest BCUT2D eigenvalue weighted by Crippen LogP contribution is -2.41. The third-order valence-corrected chi connectivity index (χ3v) is 3.75. The van der Waals surface area contributed by atoms with Crippen molar-refractivity contribution in [1.82, 2.24) is 0 Å². The van der Waals surface area contributed by atoms with Crippen LogP contribution in [0.1, 0.15) is 19.8 Å². The number of nitrogens with two attached hydrogens (primary N) is 1. The molecule has 1 amide bonds. The highest BCUT2D eigenvalue weighted by molar-refractivity contribution is 5.98. The maximum atomic E-state index is 12.7. The monoisotopic (exact) mass is 278 g/mol. The number of anilines is 2. The summed E-state index contributed by atoms with van der Waals surface area (Å²) in [5, 5.41) is 9.24. The molecule has 1 saturated heterocycles. The Bertz CT molecular complexity index is 464. The largest absolute Gasteiger partial charge is 0.397 e. The molecule has 1 aromatic carbocycles. The summed E-state index contributed by atoms with van der Waals surface area (Å²) in [7, 11) is 0. The van der Waals surface area contributed by atoms with Crippen molar-refractivity contribution in [3.8, 4) is 0 Å². The van der Waals surface area contributed by atoms with E-state index in [0.717, 1.165) is 12.8 Å². The van der Waals surface area contributed by atoms with Crippen molar-refractivity contribution in [3.05, 3.63) is 24.3 Å². The summed E-state index contributed by atoms with van der Waals surface area (Å²) < 4.78 is 5.59. The van der Waals surface area contributed by atoms with Crippen LogP contribution in [0.3, 0.4) is 0 Å². The van der Waals surface area contributed by atoms with Gasteiger partial charge < -0.3 is 20.5 Å². The normalized spacial score (nSPS) is 21.9. The predicted molar refractivity (Wildman–Crippen MR) is 78.4 cm³/mol. The van der Waals surface area contributed by atoms with E-state index in [1.807, 2.05) is 19.1 Å². The van der Waals surface area contributed by atoms with Gasteiger partial charge in [0.15, 0.2) is 0 Å². The molecule has 0 saturated carbocycles. The summed E-state index contributed by atoms with van der Waals surface area (Å²) in [4.78, 5) is 14.3. The molecule has 0 aromatic heterocycles. The Morgan fingerprint density at radius 3 is 2.90 bits per heavy atom. The first-order valence-electron chi connectivity index (χ1n) is 7.07. The second-order valence-electron chi connectivity index (χ2n) is 4.98. The summed E-state index contributed by atoms with van der Waals surface area (Å²) in [5.41, 5.74) is 7.15. The molecule has 1 fully saturated rings. The van der Waals surface area contributed by atoms with Gasteiger partial charge in [0.25, 0.3) is 0 Å². The van der Waals surface area contributed by atoms with Gasteiger partial charge in [-0.25, -0.2) is 0 Å². The molecule has 0 aliphatic carbocycles. The van der Waals surface area contributed by atoms with Gasteiger partial charge in [-0.2, -0.15) is 0 Å². The Kier molecular flexibility index (Phi) is 4.98. The van der Waals surface area contributed by atoms with Gasteiger partial charge in [0.1, 0.15) is 0 Å². The summed E-state index contributed by atoms with van der Waals surface area (Å²) in [5.74, 6) is -0.160. The van der Waals surface area contributed by atoms with E-state index in [1.54, 1.807) is 17.0 Å². The number of ether oxygens (including phenoxy) is 1. The van der Waals surface area contributed by atoms with Crippen molar-refractivity contribution in [2.75, 3.05) is 30.4 Å². The molecule has 1 aliphatic rings. The van der Waals surface area contributed by atoms with Crippen molar-refractivity contribution in [1.29, 1.82) is 0 Å². The van der Waals surface area contributed by atoms with E-state index in [0.29, 0.717) is 18.0 Å². The topological polar surface area (TPSA) is 75.8 Å². The number of aliphatic hydroxyl groups is 1. The molecule has 2 rings (SSSR count). The molecule has 0 bridgehead atoms. The van der Waals surface area contributed by atoms with E-state index in [2.05, 4.69) is 0 Å². The van der Waals surface area contributed by atoms with Crippen LogP contribution in [0.15, 0.2) is 24.3 Å². The van der Waals surface area contributed by atoms with Crippen LogP contribution in [0.5, 0.6) is 0 Å². The number of hydrogen-bond donors (Lipinski definition) is 2. The van der Waals surface area contributed by atoms with Crippen molar-refractivity contribution >= 4 is 17.3 Å². The Balaban J connectivity index is 2.24. The van der Waals surface area contributed by atoms with Gasteiger partial charge in [0.05, 0.1) is 30.0 Å². The number of aliphatic hydroxyl groups excluding tert-OH is 1. The first-order chi connectivity index (χ1) is 9.69. The standard InChI is InChI=1S/C15H22N2O3/c1-2-14-11(7-10-20-14)15(19)17(8-9-18)13-6-4-3-5-12(13)16/h3-6,11,14,18H,2,7-10,16H2,1H3. The van der Waals surface area contributed by atoms with Gasteiger partial charge in [-0.3, -0.25) is 4.79 Å². The molecule has 5 nitrogen and oxygen atoms in total. The summed E-state index contributed by atoms with van der Waals surface area (Å²) >= 11 is 0. The third-order valence-electron chi connectivity index (χ3n) is 3.75. The number of carbonyl (C=O) groups excluding carboxylic acids is 1. The molecule has 110 valence electrons. The van der Waals surface area contributed by atoms with Crippen LogP contribution < -0.4 is 10.6 Å². The molecule has 0 radical (unpaired) electrons. The van der Waals surface area contributed by atoms with E-state index in [4.69, 9.17) is 10.5 Å². The van der Waals surface area contributed by atoms with Gasteiger partial charge in [-0.15, -0.1) is 0 Å². The quantitative estimate of drug-likeness (QED) is 0.798. The van der Waals surface area contributed by atoms with Crippen LogP contribution in [0.4, 0.5) is 11.4 Å². The Labute approximate surface area is 119 Å². The van der Waals surface area contributed by atoms with E-state index < -0.39 is 0 Å². The molecular formula is C15H22N2O3. The molecular weight excluding hydrogens is 256 g/mol. The van der Waals surface area contributed by atoms with E-state index in [9.17, 15) is 9.90 Å². The van der Waals surface area contributed by atoms with Crippen LogP contribution in [0.2, 0.25) is 0 Å². The summed E-state index contributed by atoms with van der Waals surface area (Å²) in [6, 6.07) is 7.23. The minimum atomic E-state index is -0.147. The molecule has 5 heteroatoms. The van der Waals surface area contributed by atoms with Crippen LogP contribution in [0, 0.1) is 5.92 Å². The fourth-order valence-electron chi connectivity index (χ4n) is 2.72. The molecule has 0 spiro atoms. The lowest BCUT2D eigenvalue weighted by atomic mass is 9.97. The fraction of sp³-hybridized carbons (Fsp3) is 0.533. The molecule has 1 heterocycles. The number of amides is 1. The van der Waals surface area contributed by atoms with E-state index in [1.165, 1.54) is 0 Å². The molecule has 1 aliphatic heterocycles. The SMILES string of the molecule is CCC1OCCC1C(=O)N(CCO)c1ccccc1N. The molecule has 2 atom stereocenters. The van der Waals surface area contributed by atoms with Gasteiger partial charge in [-0.1, -0.05) is 19.1 Å². The van der Waals surface area contributed by atoms with Crippen LogP contribution >= 0.6 is 0 Å². The van der Waals surface area contributed by atoms with Crippen LogP contribution in [-0.2, 0) is 9.53 Å². The lowest BCUT2D eigenvalue weighted by molar-refractivity contribution is -0.124. The highest BCUT2D eigenvalue weighted by Crippen LogP contribution is 2.29. The van der Waals surface area contributed by atoms with Crippen molar-refractivity contribution in [3.63, 3.8) is 0 Å². The Hall–Kier alpha value is -1.59. The first kappa shape index (κ1) is 14.8. The average Bonchev–Trinajstić information content (AvgIpc) is 2.93. The Morgan fingerprint density at radius 2 is 2.25 bits per heavy atom. The van der Waals surface area contributed by atoms with Crippen LogP contribution in [0.25, 0.3) is 0 Å².